The van der Waals surface area contributed by atoms with Crippen LogP contribution >= 0.6 is 10.7 Å². The van der Waals surface area contributed by atoms with E-state index in [4.69, 9.17) is 10.7 Å². The van der Waals surface area contributed by atoms with Gasteiger partial charge in [0.15, 0.2) is 0 Å². The quantitative estimate of drug-likeness (QED) is 0.792. The number of rotatable bonds is 2. The number of hydrogen-bond donors (Lipinski definition) is 0. The molecule has 0 unspecified atom stereocenters. The first-order valence-corrected chi connectivity index (χ1v) is 7.19. The van der Waals surface area contributed by atoms with Gasteiger partial charge in [0.1, 0.15) is 11.6 Å². The summed E-state index contributed by atoms with van der Waals surface area (Å²) in [6.45, 7) is 0. The summed E-state index contributed by atoms with van der Waals surface area (Å²) in [5.41, 5.74) is -0.112. The lowest BCUT2D eigenvalue weighted by atomic mass is 10.1. The summed E-state index contributed by atoms with van der Waals surface area (Å²) in [7, 11) is 1.13. The Hall–Kier alpha value is -1.46. The Balaban J connectivity index is 2.79. The van der Waals surface area contributed by atoms with Gasteiger partial charge in [-0.3, -0.25) is 0 Å². The van der Waals surface area contributed by atoms with Crippen LogP contribution in [0.1, 0.15) is 0 Å². The van der Waals surface area contributed by atoms with E-state index in [2.05, 4.69) is 0 Å². The molecular weight excluding hydrogens is 282 g/mol. The zero-order chi connectivity index (χ0) is 13.3. The van der Waals surface area contributed by atoms with E-state index in [0.717, 1.165) is 12.1 Å². The fourth-order valence-electron chi connectivity index (χ4n) is 1.63. The van der Waals surface area contributed by atoms with Crippen LogP contribution in [0.2, 0.25) is 0 Å². The Bertz CT molecular complexity index is 699. The van der Waals surface area contributed by atoms with Crippen molar-refractivity contribution in [3.05, 3.63) is 54.1 Å². The Labute approximate surface area is 107 Å². The van der Waals surface area contributed by atoms with Gasteiger partial charge in [-0.2, -0.15) is 0 Å². The van der Waals surface area contributed by atoms with Crippen LogP contribution < -0.4 is 0 Å². The van der Waals surface area contributed by atoms with Crippen LogP contribution in [0, 0.1) is 11.6 Å². The van der Waals surface area contributed by atoms with Crippen LogP contribution in [0.25, 0.3) is 11.1 Å². The monoisotopic (exact) mass is 288 g/mol. The van der Waals surface area contributed by atoms with E-state index in [1.165, 1.54) is 30.3 Å². The fraction of sp³-hybridized carbons (Fsp3) is 0. The molecule has 0 amide bonds. The van der Waals surface area contributed by atoms with Crippen LogP contribution in [-0.2, 0) is 9.05 Å². The maximum Gasteiger partial charge on any atom is 0.262 e. The van der Waals surface area contributed by atoms with Crippen LogP contribution in [0.5, 0.6) is 0 Å². The molecule has 2 aromatic rings. The normalized spacial score (nSPS) is 11.5. The van der Waals surface area contributed by atoms with Crippen molar-refractivity contribution in [1.82, 2.24) is 0 Å². The SMILES string of the molecule is O=S(=O)(Cl)c1cccc(F)c1-c1cccc(F)c1. The molecule has 0 aliphatic rings. The molecule has 0 fully saturated rings. The van der Waals surface area contributed by atoms with Gasteiger partial charge in [0.05, 0.1) is 4.90 Å². The third-order valence-corrected chi connectivity index (χ3v) is 3.72. The lowest BCUT2D eigenvalue weighted by molar-refractivity contribution is 0.603. The molecular formula is C12H7ClF2O2S. The fourth-order valence-corrected chi connectivity index (χ4v) is 2.72. The van der Waals surface area contributed by atoms with Gasteiger partial charge >= 0.3 is 0 Å². The first-order chi connectivity index (χ1) is 8.39. The molecule has 94 valence electrons. The highest BCUT2D eigenvalue weighted by Gasteiger charge is 2.20. The van der Waals surface area contributed by atoms with Gasteiger partial charge in [-0.1, -0.05) is 18.2 Å². The van der Waals surface area contributed by atoms with Crippen LogP contribution in [0.4, 0.5) is 8.78 Å². The van der Waals surface area contributed by atoms with E-state index < -0.39 is 20.7 Å². The third kappa shape index (κ3) is 2.52. The summed E-state index contributed by atoms with van der Waals surface area (Å²) >= 11 is 0. The van der Waals surface area contributed by atoms with Crippen molar-refractivity contribution in [1.29, 1.82) is 0 Å². The minimum atomic E-state index is -4.11. The molecule has 0 saturated carbocycles. The molecule has 0 bridgehead atoms. The smallest absolute Gasteiger partial charge is 0.207 e. The van der Waals surface area contributed by atoms with Gasteiger partial charge < -0.3 is 0 Å². The number of benzene rings is 2. The van der Waals surface area contributed by atoms with E-state index >= 15 is 0 Å². The van der Waals surface area contributed by atoms with Gasteiger partial charge in [-0.15, -0.1) is 0 Å². The Kier molecular flexibility index (Phi) is 3.36. The van der Waals surface area contributed by atoms with Gasteiger partial charge in [0, 0.05) is 16.2 Å². The molecule has 0 spiro atoms. The third-order valence-electron chi connectivity index (χ3n) is 2.35. The van der Waals surface area contributed by atoms with Crippen molar-refractivity contribution >= 4 is 19.7 Å². The predicted octanol–water partition coefficient (Wildman–Crippen LogP) is 3.56. The summed E-state index contributed by atoms with van der Waals surface area (Å²) < 4.78 is 49.6. The lowest BCUT2D eigenvalue weighted by Crippen LogP contribution is -1.97. The second kappa shape index (κ2) is 4.66. The highest BCUT2D eigenvalue weighted by Crippen LogP contribution is 2.32. The summed E-state index contributed by atoms with van der Waals surface area (Å²) in [6.07, 6.45) is 0. The predicted molar refractivity (Wildman–Crippen MR) is 64.8 cm³/mol. The van der Waals surface area contributed by atoms with Crippen molar-refractivity contribution in [2.75, 3.05) is 0 Å². The average Bonchev–Trinajstić information content (AvgIpc) is 2.27. The summed E-state index contributed by atoms with van der Waals surface area (Å²) in [5, 5.41) is 0. The molecule has 0 atom stereocenters. The molecule has 2 rings (SSSR count). The standard InChI is InChI=1S/C12H7ClF2O2S/c13-18(16,17)11-6-2-5-10(15)12(11)8-3-1-4-9(14)7-8/h1-7H. The van der Waals surface area contributed by atoms with E-state index in [0.29, 0.717) is 0 Å². The molecule has 2 aromatic carbocycles. The van der Waals surface area contributed by atoms with E-state index in [1.54, 1.807) is 0 Å². The van der Waals surface area contributed by atoms with E-state index in [9.17, 15) is 17.2 Å². The molecule has 0 radical (unpaired) electrons. The zero-order valence-corrected chi connectivity index (χ0v) is 10.5. The van der Waals surface area contributed by atoms with Crippen LogP contribution in [-0.4, -0.2) is 8.42 Å². The zero-order valence-electron chi connectivity index (χ0n) is 8.90. The second-order valence-electron chi connectivity index (χ2n) is 3.56. The van der Waals surface area contributed by atoms with Gasteiger partial charge in [0.2, 0.25) is 0 Å². The number of hydrogen-bond acceptors (Lipinski definition) is 2. The lowest BCUT2D eigenvalue weighted by Gasteiger charge is -2.08. The Morgan fingerprint density at radius 2 is 1.67 bits per heavy atom. The molecule has 2 nitrogen and oxygen atoms in total. The Morgan fingerprint density at radius 1 is 1.00 bits per heavy atom. The highest BCUT2D eigenvalue weighted by atomic mass is 35.7. The maximum atomic E-state index is 13.8. The highest BCUT2D eigenvalue weighted by molar-refractivity contribution is 8.13. The summed E-state index contributed by atoms with van der Waals surface area (Å²) in [5.74, 6) is -1.36. The van der Waals surface area contributed by atoms with Crippen molar-refractivity contribution in [3.63, 3.8) is 0 Å². The summed E-state index contributed by atoms with van der Waals surface area (Å²) in [6, 6.07) is 8.49. The van der Waals surface area contributed by atoms with Crippen molar-refractivity contribution < 1.29 is 17.2 Å². The van der Waals surface area contributed by atoms with Gasteiger partial charge in [-0.25, -0.2) is 17.2 Å². The molecule has 6 heteroatoms. The van der Waals surface area contributed by atoms with Gasteiger partial charge in [-0.05, 0) is 29.8 Å². The Morgan fingerprint density at radius 3 is 2.28 bits per heavy atom. The molecule has 0 heterocycles. The van der Waals surface area contributed by atoms with Crippen LogP contribution in [0.15, 0.2) is 47.4 Å². The van der Waals surface area contributed by atoms with Gasteiger partial charge in [0.25, 0.3) is 9.05 Å². The molecule has 0 aromatic heterocycles. The van der Waals surface area contributed by atoms with Crippen molar-refractivity contribution in [3.8, 4) is 11.1 Å². The maximum absolute atomic E-state index is 13.8. The molecule has 0 aliphatic heterocycles. The topological polar surface area (TPSA) is 34.1 Å². The first kappa shape index (κ1) is 13.0. The second-order valence-corrected chi connectivity index (χ2v) is 6.10. The minimum absolute atomic E-state index is 0.118. The van der Waals surface area contributed by atoms with E-state index in [1.807, 2.05) is 0 Å². The molecule has 0 N–H and O–H groups in total. The van der Waals surface area contributed by atoms with E-state index in [-0.39, 0.29) is 16.0 Å². The minimum Gasteiger partial charge on any atom is -0.207 e. The van der Waals surface area contributed by atoms with Crippen molar-refractivity contribution in [2.45, 2.75) is 4.90 Å². The van der Waals surface area contributed by atoms with Crippen LogP contribution in [0.3, 0.4) is 0 Å². The molecule has 0 saturated heterocycles. The first-order valence-electron chi connectivity index (χ1n) is 4.89. The molecule has 18 heavy (non-hydrogen) atoms. The average molecular weight is 289 g/mol. The number of halogens is 3. The molecule has 0 aliphatic carbocycles. The van der Waals surface area contributed by atoms with Crippen molar-refractivity contribution in [2.24, 2.45) is 0 Å². The largest absolute Gasteiger partial charge is 0.262 e. The summed E-state index contributed by atoms with van der Waals surface area (Å²) in [4.78, 5) is -0.380.